The molecule has 0 heterocycles. The second-order valence-corrected chi connectivity index (χ2v) is 1.66. The molecule has 3 heteroatoms. The van der Waals surface area contributed by atoms with Gasteiger partial charge in [-0.05, 0) is 6.42 Å². The zero-order valence-electron chi connectivity index (χ0n) is 5.33. The Balaban J connectivity index is 3.78. The fourth-order valence-corrected chi connectivity index (χ4v) is 0.497. The molecule has 0 aliphatic rings. The van der Waals surface area contributed by atoms with E-state index in [1.165, 1.54) is 6.08 Å². The quantitative estimate of drug-likeness (QED) is 0.355. The molecule has 0 aromatic heterocycles. The number of rotatable bonds is 3. The van der Waals surface area contributed by atoms with E-state index < -0.39 is 5.97 Å². The van der Waals surface area contributed by atoms with Gasteiger partial charge in [0.2, 0.25) is 0 Å². The molecule has 0 aromatic carbocycles. The molecule has 0 radical (unpaired) electrons. The highest BCUT2D eigenvalue weighted by molar-refractivity contribution is 5.73. The molecule has 1 unspecified atom stereocenters. The van der Waals surface area contributed by atoms with Gasteiger partial charge in [0.15, 0.2) is 0 Å². The van der Waals surface area contributed by atoms with Gasteiger partial charge in [0.1, 0.15) is 0 Å². The molecule has 1 atom stereocenters. The SMILES string of the molecule is C=CC(CC)C(=O)OO. The predicted octanol–water partition coefficient (Wildman–Crippen LogP) is 1.21. The van der Waals surface area contributed by atoms with Crippen LogP contribution in [0.3, 0.4) is 0 Å². The van der Waals surface area contributed by atoms with E-state index in [2.05, 4.69) is 11.5 Å². The molecule has 1 N–H and O–H groups in total. The number of hydrogen-bond donors (Lipinski definition) is 1. The van der Waals surface area contributed by atoms with Crippen LogP contribution >= 0.6 is 0 Å². The van der Waals surface area contributed by atoms with Crippen molar-refractivity contribution in [1.29, 1.82) is 0 Å². The Bertz CT molecular complexity index is 109. The van der Waals surface area contributed by atoms with Crippen LogP contribution in [0.4, 0.5) is 0 Å². The molecule has 0 aliphatic heterocycles. The van der Waals surface area contributed by atoms with E-state index in [0.29, 0.717) is 6.42 Å². The lowest BCUT2D eigenvalue weighted by Gasteiger charge is -2.02. The summed E-state index contributed by atoms with van der Waals surface area (Å²) in [5, 5.41) is 7.87. The van der Waals surface area contributed by atoms with Crippen molar-refractivity contribution in [2.45, 2.75) is 13.3 Å². The highest BCUT2D eigenvalue weighted by atomic mass is 17.1. The fraction of sp³-hybridized carbons (Fsp3) is 0.500. The van der Waals surface area contributed by atoms with Crippen molar-refractivity contribution in [2.24, 2.45) is 5.92 Å². The lowest BCUT2D eigenvalue weighted by molar-refractivity contribution is -0.237. The smallest absolute Gasteiger partial charge is 0.300 e. The maximum absolute atomic E-state index is 10.4. The molecule has 0 aromatic rings. The van der Waals surface area contributed by atoms with E-state index in [4.69, 9.17) is 5.26 Å². The van der Waals surface area contributed by atoms with Crippen LogP contribution in [0.2, 0.25) is 0 Å². The average Bonchev–Trinajstić information content (AvgIpc) is 1.90. The largest absolute Gasteiger partial charge is 0.348 e. The molecule has 52 valence electrons. The second kappa shape index (κ2) is 4.09. The molecule has 0 amide bonds. The van der Waals surface area contributed by atoms with E-state index in [-0.39, 0.29) is 5.92 Å². The molecule has 0 saturated carbocycles. The highest BCUT2D eigenvalue weighted by Gasteiger charge is 2.12. The predicted molar refractivity (Wildman–Crippen MR) is 32.7 cm³/mol. The minimum atomic E-state index is -0.646. The van der Waals surface area contributed by atoms with Gasteiger partial charge >= 0.3 is 5.97 Å². The van der Waals surface area contributed by atoms with Crippen LogP contribution < -0.4 is 0 Å². The molecule has 0 saturated heterocycles. The van der Waals surface area contributed by atoms with E-state index in [9.17, 15) is 4.79 Å². The summed E-state index contributed by atoms with van der Waals surface area (Å²) >= 11 is 0. The molecule has 9 heavy (non-hydrogen) atoms. The molecule has 3 nitrogen and oxygen atoms in total. The third kappa shape index (κ3) is 2.28. The summed E-state index contributed by atoms with van der Waals surface area (Å²) in [6, 6.07) is 0. The number of carbonyl (C=O) groups is 1. The van der Waals surface area contributed by atoms with Crippen molar-refractivity contribution in [3.63, 3.8) is 0 Å². The van der Waals surface area contributed by atoms with Gasteiger partial charge in [-0.2, -0.15) is 5.26 Å². The van der Waals surface area contributed by atoms with Gasteiger partial charge in [-0.3, -0.25) is 0 Å². The standard InChI is InChI=1S/C6H10O3/c1-3-5(4-2)6(7)9-8/h3,5,8H,1,4H2,2H3. The van der Waals surface area contributed by atoms with Crippen LogP contribution in [0.25, 0.3) is 0 Å². The van der Waals surface area contributed by atoms with Crippen molar-refractivity contribution in [3.05, 3.63) is 12.7 Å². The summed E-state index contributed by atoms with van der Waals surface area (Å²) in [6.07, 6.45) is 2.04. The lowest BCUT2D eigenvalue weighted by atomic mass is 10.1. The van der Waals surface area contributed by atoms with Gasteiger partial charge in [0.25, 0.3) is 0 Å². The molecular formula is C6H10O3. The van der Waals surface area contributed by atoms with Crippen molar-refractivity contribution in [3.8, 4) is 0 Å². The van der Waals surface area contributed by atoms with Gasteiger partial charge in [-0.15, -0.1) is 6.58 Å². The fourth-order valence-electron chi connectivity index (χ4n) is 0.497. The van der Waals surface area contributed by atoms with Gasteiger partial charge < -0.3 is 4.89 Å². The van der Waals surface area contributed by atoms with Crippen LogP contribution in [0, 0.1) is 5.92 Å². The second-order valence-electron chi connectivity index (χ2n) is 1.66. The van der Waals surface area contributed by atoms with Crippen molar-refractivity contribution in [1.82, 2.24) is 0 Å². The molecule has 0 fully saturated rings. The number of carbonyl (C=O) groups excluding carboxylic acids is 1. The van der Waals surface area contributed by atoms with E-state index in [1.807, 2.05) is 6.92 Å². The van der Waals surface area contributed by atoms with Crippen LogP contribution in [0.5, 0.6) is 0 Å². The first-order chi connectivity index (χ1) is 4.26. The van der Waals surface area contributed by atoms with Crippen LogP contribution in [-0.2, 0) is 9.68 Å². The Morgan fingerprint density at radius 2 is 2.56 bits per heavy atom. The van der Waals surface area contributed by atoms with Gasteiger partial charge in [0.05, 0.1) is 5.92 Å². The zero-order chi connectivity index (χ0) is 7.28. The lowest BCUT2D eigenvalue weighted by Crippen LogP contribution is -2.12. The first-order valence-corrected chi connectivity index (χ1v) is 2.74. The number of hydrogen-bond acceptors (Lipinski definition) is 3. The molecular weight excluding hydrogens is 120 g/mol. The van der Waals surface area contributed by atoms with Crippen molar-refractivity contribution in [2.75, 3.05) is 0 Å². The summed E-state index contributed by atoms with van der Waals surface area (Å²) in [7, 11) is 0. The molecule has 0 aliphatic carbocycles. The normalized spacial score (nSPS) is 12.2. The maximum atomic E-state index is 10.4. The minimum Gasteiger partial charge on any atom is -0.300 e. The van der Waals surface area contributed by atoms with E-state index in [0.717, 1.165) is 0 Å². The molecule has 0 bridgehead atoms. The molecule has 0 rings (SSSR count). The Morgan fingerprint density at radius 1 is 2.00 bits per heavy atom. The van der Waals surface area contributed by atoms with Gasteiger partial charge in [0, 0.05) is 0 Å². The summed E-state index contributed by atoms with van der Waals surface area (Å²) in [5.41, 5.74) is 0. The van der Waals surface area contributed by atoms with Gasteiger partial charge in [-0.25, -0.2) is 4.79 Å². The summed E-state index contributed by atoms with van der Waals surface area (Å²) < 4.78 is 0. The van der Waals surface area contributed by atoms with Gasteiger partial charge in [-0.1, -0.05) is 13.0 Å². The summed E-state index contributed by atoms with van der Waals surface area (Å²) in [6.45, 7) is 5.20. The monoisotopic (exact) mass is 130 g/mol. The molecule has 0 spiro atoms. The third-order valence-electron chi connectivity index (χ3n) is 1.12. The van der Waals surface area contributed by atoms with Crippen LogP contribution in [0.1, 0.15) is 13.3 Å². The van der Waals surface area contributed by atoms with Crippen LogP contribution in [0.15, 0.2) is 12.7 Å². The van der Waals surface area contributed by atoms with Crippen LogP contribution in [-0.4, -0.2) is 11.2 Å². The Labute approximate surface area is 53.9 Å². The van der Waals surface area contributed by atoms with E-state index in [1.54, 1.807) is 0 Å². The first-order valence-electron chi connectivity index (χ1n) is 2.74. The minimum absolute atomic E-state index is 0.380. The maximum Gasteiger partial charge on any atom is 0.348 e. The Kier molecular flexibility index (Phi) is 3.71. The topological polar surface area (TPSA) is 46.5 Å². The average molecular weight is 130 g/mol. The Morgan fingerprint density at radius 3 is 2.67 bits per heavy atom. The van der Waals surface area contributed by atoms with Crippen molar-refractivity contribution >= 4 is 5.97 Å². The zero-order valence-corrected chi connectivity index (χ0v) is 5.33. The first kappa shape index (κ1) is 8.17. The highest BCUT2D eigenvalue weighted by Crippen LogP contribution is 2.04. The summed E-state index contributed by atoms with van der Waals surface area (Å²) in [4.78, 5) is 13.9. The van der Waals surface area contributed by atoms with Crippen molar-refractivity contribution < 1.29 is 14.9 Å². The Hall–Kier alpha value is -0.830. The third-order valence-corrected chi connectivity index (χ3v) is 1.12. The summed E-state index contributed by atoms with van der Waals surface area (Å²) in [5.74, 6) is -1.03. The van der Waals surface area contributed by atoms with E-state index >= 15 is 0 Å².